The minimum atomic E-state index is -2.37. The lowest BCUT2D eigenvalue weighted by atomic mass is 9.97. The first kappa shape index (κ1) is 8.18. The smallest absolute Gasteiger partial charge is 0.207 e. The largest absolute Gasteiger partial charge is 0.248 e. The highest BCUT2D eigenvalue weighted by Gasteiger charge is 2.32. The quantitative estimate of drug-likeness (QED) is 0.415. The van der Waals surface area contributed by atoms with Crippen LogP contribution in [0.2, 0.25) is 0 Å². The van der Waals surface area contributed by atoms with E-state index in [1.807, 2.05) is 6.26 Å². The third-order valence-electron chi connectivity index (χ3n) is 1.87. The second kappa shape index (κ2) is 2.99. The van der Waals surface area contributed by atoms with Gasteiger partial charge in [-0.15, -0.1) is 0 Å². The fourth-order valence-corrected chi connectivity index (χ4v) is 1.80. The molecule has 0 saturated heterocycles. The second-order valence-corrected chi connectivity index (χ2v) is 3.73. The molecular formula is C7H12F2S. The summed E-state index contributed by atoms with van der Waals surface area (Å²) in [6.45, 7) is 0. The third-order valence-corrected chi connectivity index (χ3v) is 2.95. The zero-order valence-electron chi connectivity index (χ0n) is 6.03. The molecule has 0 amide bonds. The van der Waals surface area contributed by atoms with Crippen LogP contribution in [-0.2, 0) is 0 Å². The Morgan fingerprint density at radius 2 is 1.80 bits per heavy atom. The van der Waals surface area contributed by atoms with Crippen LogP contribution in [0.1, 0.15) is 25.7 Å². The lowest BCUT2D eigenvalue weighted by Gasteiger charge is -2.22. The van der Waals surface area contributed by atoms with Gasteiger partial charge in [-0.2, -0.15) is 0 Å². The predicted octanol–water partition coefficient (Wildman–Crippen LogP) is 2.46. The highest BCUT2D eigenvalue weighted by Crippen LogP contribution is 2.32. The first-order chi connectivity index (χ1) is 4.64. The first-order valence-corrected chi connectivity index (χ1v) is 4.80. The Morgan fingerprint density at radius 1 is 1.30 bits per heavy atom. The fraction of sp³-hybridized carbons (Fsp3) is 0.857. The van der Waals surface area contributed by atoms with Crippen molar-refractivity contribution >= 4 is 16.2 Å². The maximum Gasteiger partial charge on any atom is 0.248 e. The van der Waals surface area contributed by atoms with Crippen molar-refractivity contribution in [2.45, 2.75) is 31.6 Å². The molecule has 1 fully saturated rings. The van der Waals surface area contributed by atoms with Crippen molar-refractivity contribution in [2.75, 3.05) is 6.26 Å². The average Bonchev–Trinajstić information content (AvgIpc) is 1.88. The molecule has 0 bridgehead atoms. The van der Waals surface area contributed by atoms with E-state index in [-0.39, 0.29) is 12.8 Å². The van der Waals surface area contributed by atoms with Crippen molar-refractivity contribution in [2.24, 2.45) is 0 Å². The van der Waals surface area contributed by atoms with E-state index < -0.39 is 5.92 Å². The van der Waals surface area contributed by atoms with Crippen LogP contribution in [-0.4, -0.2) is 17.0 Å². The molecule has 1 saturated carbocycles. The summed E-state index contributed by atoms with van der Waals surface area (Å²) in [7, 11) is 0. The molecule has 1 aliphatic rings. The minimum absolute atomic E-state index is 0.0726. The summed E-state index contributed by atoms with van der Waals surface area (Å²) in [6.07, 6.45) is 3.42. The van der Waals surface area contributed by atoms with E-state index in [9.17, 15) is 8.78 Å². The molecule has 10 heavy (non-hydrogen) atoms. The number of hydrogen-bond donors (Lipinski definition) is 1. The summed E-state index contributed by atoms with van der Waals surface area (Å²) >= 11 is 1.20. The van der Waals surface area contributed by atoms with E-state index in [1.54, 1.807) is 0 Å². The van der Waals surface area contributed by atoms with Gasteiger partial charge in [-0.1, -0.05) is 0 Å². The molecule has 0 spiro atoms. The van der Waals surface area contributed by atoms with Crippen LogP contribution < -0.4 is 0 Å². The molecule has 0 unspecified atom stereocenters. The Balaban J connectivity index is 2.46. The van der Waals surface area contributed by atoms with E-state index >= 15 is 0 Å². The van der Waals surface area contributed by atoms with Gasteiger partial charge in [0.25, 0.3) is 0 Å². The molecule has 0 N–H and O–H groups in total. The summed E-state index contributed by atoms with van der Waals surface area (Å²) in [4.78, 5) is 1.28. The molecule has 0 aromatic heterocycles. The minimum Gasteiger partial charge on any atom is -0.207 e. The lowest BCUT2D eigenvalue weighted by Crippen LogP contribution is -2.23. The van der Waals surface area contributed by atoms with Gasteiger partial charge in [-0.3, -0.25) is 0 Å². The van der Waals surface area contributed by atoms with Crippen molar-refractivity contribution in [3.8, 4) is 0 Å². The molecule has 60 valence electrons. The van der Waals surface area contributed by atoms with Gasteiger partial charge >= 0.3 is 0 Å². The molecule has 0 nitrogen and oxygen atoms in total. The van der Waals surface area contributed by atoms with Crippen molar-refractivity contribution in [3.63, 3.8) is 0 Å². The van der Waals surface area contributed by atoms with Gasteiger partial charge in [0.15, 0.2) is 0 Å². The highest BCUT2D eigenvalue weighted by atomic mass is 32.1. The van der Waals surface area contributed by atoms with Gasteiger partial charge in [-0.25, -0.2) is 20.1 Å². The lowest BCUT2D eigenvalue weighted by molar-refractivity contribution is -0.0176. The van der Waals surface area contributed by atoms with Crippen LogP contribution in [0.25, 0.3) is 0 Å². The van der Waals surface area contributed by atoms with Crippen molar-refractivity contribution in [3.05, 3.63) is 0 Å². The summed E-state index contributed by atoms with van der Waals surface area (Å²) in [6, 6.07) is 0. The van der Waals surface area contributed by atoms with Gasteiger partial charge in [-0.05, 0) is 24.0 Å². The highest BCUT2D eigenvalue weighted by molar-refractivity contribution is 7.98. The maximum absolute atomic E-state index is 12.5. The first-order valence-electron chi connectivity index (χ1n) is 3.46. The Hall–Kier alpha value is 0.0800. The summed E-state index contributed by atoms with van der Waals surface area (Å²) in [5.74, 6) is -2.37. The maximum atomic E-state index is 12.5. The van der Waals surface area contributed by atoms with E-state index in [0.717, 1.165) is 0 Å². The standard InChI is InChI=1S/C7H12F2S/c1-10-6-2-4-7(8,9)5-3-6/h10H,2-5H2,1H3. The Morgan fingerprint density at radius 3 is 2.20 bits per heavy atom. The second-order valence-electron chi connectivity index (χ2n) is 2.65. The summed E-state index contributed by atoms with van der Waals surface area (Å²) in [5, 5.41) is 0. The monoisotopic (exact) mass is 166 g/mol. The number of alkyl halides is 2. The van der Waals surface area contributed by atoms with Crippen molar-refractivity contribution in [1.82, 2.24) is 0 Å². The molecule has 0 atom stereocenters. The SMILES string of the molecule is C[SH]=C1CCC(F)(F)CC1. The summed E-state index contributed by atoms with van der Waals surface area (Å²) in [5.41, 5.74) is 0. The molecule has 1 aliphatic carbocycles. The topological polar surface area (TPSA) is 0 Å². The number of hydrogen-bond acceptors (Lipinski definition) is 0. The van der Waals surface area contributed by atoms with Crippen LogP contribution in [0, 0.1) is 0 Å². The summed E-state index contributed by atoms with van der Waals surface area (Å²) < 4.78 is 25.0. The van der Waals surface area contributed by atoms with Crippen LogP contribution in [0.4, 0.5) is 8.78 Å². The Bertz CT molecular complexity index is 140. The number of thiol groups is 1. The zero-order chi connectivity index (χ0) is 7.61. The van der Waals surface area contributed by atoms with Gasteiger partial charge in [0.05, 0.1) is 0 Å². The van der Waals surface area contributed by atoms with E-state index in [2.05, 4.69) is 0 Å². The molecule has 3 heteroatoms. The molecule has 0 aromatic rings. The van der Waals surface area contributed by atoms with Crippen LogP contribution >= 0.6 is 11.4 Å². The van der Waals surface area contributed by atoms with E-state index in [4.69, 9.17) is 0 Å². The fourth-order valence-electron chi connectivity index (χ4n) is 1.13. The van der Waals surface area contributed by atoms with Crippen molar-refractivity contribution < 1.29 is 8.78 Å². The third kappa shape index (κ3) is 2.04. The van der Waals surface area contributed by atoms with Crippen LogP contribution in [0.5, 0.6) is 0 Å². The molecule has 0 aliphatic heterocycles. The molecule has 0 heterocycles. The van der Waals surface area contributed by atoms with Gasteiger partial charge < -0.3 is 0 Å². The van der Waals surface area contributed by atoms with Crippen LogP contribution in [0.3, 0.4) is 0 Å². The zero-order valence-corrected chi connectivity index (χ0v) is 6.93. The van der Waals surface area contributed by atoms with Crippen LogP contribution in [0.15, 0.2) is 0 Å². The normalized spacial score (nSPS) is 24.9. The molecule has 1 rings (SSSR count). The Kier molecular flexibility index (Phi) is 2.45. The van der Waals surface area contributed by atoms with E-state index in [0.29, 0.717) is 12.8 Å². The number of halogens is 2. The predicted molar refractivity (Wildman–Crippen MR) is 43.3 cm³/mol. The van der Waals surface area contributed by atoms with Gasteiger partial charge in [0.2, 0.25) is 5.92 Å². The van der Waals surface area contributed by atoms with Gasteiger partial charge in [0.1, 0.15) is 0 Å². The molecular weight excluding hydrogens is 154 g/mol. The Labute approximate surface area is 63.6 Å². The van der Waals surface area contributed by atoms with Gasteiger partial charge in [0, 0.05) is 12.8 Å². The molecule has 0 radical (unpaired) electrons. The molecule has 0 aromatic carbocycles. The number of rotatable bonds is 0. The van der Waals surface area contributed by atoms with Crippen molar-refractivity contribution in [1.29, 1.82) is 0 Å². The van der Waals surface area contributed by atoms with E-state index in [1.165, 1.54) is 16.2 Å². The average molecular weight is 166 g/mol.